The maximum Gasteiger partial charge on any atom is 0.244 e. The summed E-state index contributed by atoms with van der Waals surface area (Å²) in [6.45, 7) is 3.62. The Morgan fingerprint density at radius 2 is 2.10 bits per heavy atom. The van der Waals surface area contributed by atoms with Crippen LogP contribution in [-0.2, 0) is 14.8 Å². The van der Waals surface area contributed by atoms with Crippen molar-refractivity contribution in [2.24, 2.45) is 5.84 Å². The van der Waals surface area contributed by atoms with Gasteiger partial charge in [-0.25, -0.2) is 24.0 Å². The highest BCUT2D eigenvalue weighted by atomic mass is 79.9. The number of rotatable bonds is 10. The van der Waals surface area contributed by atoms with E-state index in [2.05, 4.69) is 38.0 Å². The van der Waals surface area contributed by atoms with Gasteiger partial charge in [0.25, 0.3) is 0 Å². The number of pyridine rings is 1. The molecular formula is C12H21BrN4O3S. The third-order valence-electron chi connectivity index (χ3n) is 2.65. The van der Waals surface area contributed by atoms with Crippen LogP contribution in [0, 0.1) is 0 Å². The zero-order valence-corrected chi connectivity index (χ0v) is 14.3. The van der Waals surface area contributed by atoms with Gasteiger partial charge in [0, 0.05) is 30.4 Å². The van der Waals surface area contributed by atoms with E-state index >= 15 is 0 Å². The molecule has 9 heteroatoms. The Labute approximate surface area is 133 Å². The number of nitrogens with zero attached hydrogens (tertiary/aromatic N) is 1. The molecule has 0 bridgehead atoms. The van der Waals surface area contributed by atoms with E-state index in [-0.39, 0.29) is 10.7 Å². The van der Waals surface area contributed by atoms with Crippen molar-refractivity contribution < 1.29 is 13.2 Å². The second kappa shape index (κ2) is 9.31. The largest absolute Gasteiger partial charge is 0.381 e. The van der Waals surface area contributed by atoms with Crippen LogP contribution in [0.25, 0.3) is 0 Å². The van der Waals surface area contributed by atoms with E-state index in [1.165, 1.54) is 12.3 Å². The van der Waals surface area contributed by atoms with E-state index in [4.69, 9.17) is 10.6 Å². The average Bonchev–Trinajstić information content (AvgIpc) is 2.46. The summed E-state index contributed by atoms with van der Waals surface area (Å²) in [6, 6.07) is 1.45. The summed E-state index contributed by atoms with van der Waals surface area (Å²) in [5.74, 6) is 5.38. The van der Waals surface area contributed by atoms with E-state index < -0.39 is 10.0 Å². The number of hydrogen-bond donors (Lipinski definition) is 3. The van der Waals surface area contributed by atoms with Gasteiger partial charge >= 0.3 is 0 Å². The summed E-state index contributed by atoms with van der Waals surface area (Å²) in [7, 11) is -3.66. The van der Waals surface area contributed by atoms with Crippen LogP contribution in [0.1, 0.15) is 26.2 Å². The van der Waals surface area contributed by atoms with Crippen molar-refractivity contribution in [1.82, 2.24) is 9.71 Å². The molecule has 120 valence electrons. The van der Waals surface area contributed by atoms with Crippen molar-refractivity contribution in [3.8, 4) is 0 Å². The van der Waals surface area contributed by atoms with Crippen LogP contribution in [0.4, 0.5) is 5.82 Å². The summed E-state index contributed by atoms with van der Waals surface area (Å²) in [5.41, 5.74) is 2.28. The van der Waals surface area contributed by atoms with Crippen molar-refractivity contribution >= 4 is 31.8 Å². The predicted molar refractivity (Wildman–Crippen MR) is 85.3 cm³/mol. The first-order chi connectivity index (χ1) is 10.0. The molecule has 1 rings (SSSR count). The fourth-order valence-electron chi connectivity index (χ4n) is 1.54. The summed E-state index contributed by atoms with van der Waals surface area (Å²) in [6.07, 6.45) is 4.17. The highest BCUT2D eigenvalue weighted by Crippen LogP contribution is 2.21. The van der Waals surface area contributed by atoms with Gasteiger partial charge < -0.3 is 10.2 Å². The van der Waals surface area contributed by atoms with E-state index in [1.54, 1.807) is 0 Å². The lowest BCUT2D eigenvalue weighted by atomic mass is 10.4. The molecule has 0 amide bonds. The zero-order valence-electron chi connectivity index (χ0n) is 11.9. The number of hydrogen-bond acceptors (Lipinski definition) is 6. The number of nitrogens with one attached hydrogen (secondary N) is 2. The molecular weight excluding hydrogens is 360 g/mol. The zero-order chi connectivity index (χ0) is 15.7. The molecule has 0 aliphatic rings. The number of unbranched alkanes of at least 4 members (excludes halogenated alkanes) is 1. The molecule has 0 atom stereocenters. The Bertz CT molecular complexity index is 539. The molecule has 0 unspecified atom stereocenters. The number of anilines is 1. The average molecular weight is 381 g/mol. The molecule has 4 N–H and O–H groups in total. The minimum atomic E-state index is -3.66. The fourth-order valence-corrected chi connectivity index (χ4v) is 3.24. The third-order valence-corrected chi connectivity index (χ3v) is 4.55. The summed E-state index contributed by atoms with van der Waals surface area (Å²) in [4.78, 5) is 3.92. The molecule has 0 fully saturated rings. The molecule has 1 aromatic rings. The van der Waals surface area contributed by atoms with Crippen LogP contribution < -0.4 is 16.0 Å². The molecule has 0 aliphatic carbocycles. The fraction of sp³-hybridized carbons (Fsp3) is 0.583. The molecule has 0 saturated heterocycles. The van der Waals surface area contributed by atoms with Gasteiger partial charge in [0.05, 0.1) is 0 Å². The van der Waals surface area contributed by atoms with Gasteiger partial charge in [0.2, 0.25) is 10.0 Å². The second-order valence-corrected chi connectivity index (χ2v) is 7.01. The second-order valence-electron chi connectivity index (χ2n) is 4.36. The van der Waals surface area contributed by atoms with Gasteiger partial charge in [0.15, 0.2) is 5.82 Å². The number of aromatic nitrogens is 1. The Morgan fingerprint density at radius 1 is 1.38 bits per heavy atom. The molecule has 1 aromatic heterocycles. The van der Waals surface area contributed by atoms with E-state index in [9.17, 15) is 8.42 Å². The minimum Gasteiger partial charge on any atom is -0.381 e. The van der Waals surface area contributed by atoms with Gasteiger partial charge in [-0.15, -0.1) is 0 Å². The number of ether oxygens (including phenoxy) is 1. The van der Waals surface area contributed by atoms with Gasteiger partial charge in [0.1, 0.15) is 4.90 Å². The van der Waals surface area contributed by atoms with Crippen molar-refractivity contribution in [2.45, 2.75) is 31.1 Å². The Balaban J connectivity index is 2.52. The molecule has 0 radical (unpaired) electrons. The number of sulfonamides is 1. The SMILES string of the molecule is CCCCOCCCNS(=O)(=O)c1cc(Br)cnc1NN. The van der Waals surface area contributed by atoms with Gasteiger partial charge in [-0.3, -0.25) is 0 Å². The first kappa shape index (κ1) is 18.3. The standard InChI is InChI=1S/C12H21BrN4O3S/c1-2-3-6-20-7-4-5-16-21(18,19)11-8-10(13)9-15-12(11)17-14/h8-9,16H,2-7,14H2,1H3,(H,15,17). The lowest BCUT2D eigenvalue weighted by Gasteiger charge is -2.10. The first-order valence-electron chi connectivity index (χ1n) is 6.71. The Morgan fingerprint density at radius 3 is 2.76 bits per heavy atom. The first-order valence-corrected chi connectivity index (χ1v) is 8.98. The van der Waals surface area contributed by atoms with Crippen molar-refractivity contribution in [3.05, 3.63) is 16.7 Å². The number of nitrogen functional groups attached to an aromatic ring is 1. The van der Waals surface area contributed by atoms with Crippen molar-refractivity contribution in [1.29, 1.82) is 0 Å². The smallest absolute Gasteiger partial charge is 0.244 e. The molecule has 21 heavy (non-hydrogen) atoms. The van der Waals surface area contributed by atoms with Gasteiger partial charge in [-0.2, -0.15) is 0 Å². The number of halogens is 1. The lowest BCUT2D eigenvalue weighted by Crippen LogP contribution is -2.27. The minimum absolute atomic E-state index is 0.00581. The monoisotopic (exact) mass is 380 g/mol. The van der Waals surface area contributed by atoms with Crippen LogP contribution in [0.3, 0.4) is 0 Å². The van der Waals surface area contributed by atoms with Gasteiger partial charge in [-0.05, 0) is 34.8 Å². The summed E-state index contributed by atoms with van der Waals surface area (Å²) < 4.78 is 32.8. The Hall–Kier alpha value is -0.740. The van der Waals surface area contributed by atoms with Crippen LogP contribution >= 0.6 is 15.9 Å². The maximum atomic E-state index is 12.2. The predicted octanol–water partition coefficient (Wildman–Crippen LogP) is 1.61. The quantitative estimate of drug-likeness (QED) is 0.323. The van der Waals surface area contributed by atoms with Crippen LogP contribution in [0.2, 0.25) is 0 Å². The van der Waals surface area contributed by atoms with Crippen LogP contribution in [0.15, 0.2) is 21.6 Å². The number of hydrazine groups is 1. The van der Waals surface area contributed by atoms with Crippen molar-refractivity contribution in [3.63, 3.8) is 0 Å². The van der Waals surface area contributed by atoms with Crippen molar-refractivity contribution in [2.75, 3.05) is 25.2 Å². The van der Waals surface area contributed by atoms with E-state index in [0.29, 0.717) is 30.7 Å². The molecule has 0 aliphatic heterocycles. The highest BCUT2D eigenvalue weighted by molar-refractivity contribution is 9.10. The van der Waals surface area contributed by atoms with Gasteiger partial charge in [-0.1, -0.05) is 13.3 Å². The van der Waals surface area contributed by atoms with Crippen LogP contribution in [-0.4, -0.2) is 33.2 Å². The Kier molecular flexibility index (Phi) is 8.12. The number of nitrogens with two attached hydrogens (primary N) is 1. The lowest BCUT2D eigenvalue weighted by molar-refractivity contribution is 0.130. The molecule has 1 heterocycles. The normalized spacial score (nSPS) is 11.6. The summed E-state index contributed by atoms with van der Waals surface area (Å²) >= 11 is 3.19. The van der Waals surface area contributed by atoms with E-state index in [0.717, 1.165) is 12.8 Å². The van der Waals surface area contributed by atoms with Crippen LogP contribution in [0.5, 0.6) is 0 Å². The molecule has 0 spiro atoms. The maximum absolute atomic E-state index is 12.2. The summed E-state index contributed by atoms with van der Waals surface area (Å²) in [5, 5.41) is 0. The topological polar surface area (TPSA) is 106 Å². The highest BCUT2D eigenvalue weighted by Gasteiger charge is 2.19. The molecule has 0 aromatic carbocycles. The molecule has 7 nitrogen and oxygen atoms in total. The third kappa shape index (κ3) is 6.27. The van der Waals surface area contributed by atoms with E-state index in [1.807, 2.05) is 0 Å². The molecule has 0 saturated carbocycles.